The maximum absolute atomic E-state index is 13.1. The molecule has 2 rings (SSSR count). The number of amides is 1. The lowest BCUT2D eigenvalue weighted by Crippen LogP contribution is -2.28. The van der Waals surface area contributed by atoms with Crippen LogP contribution in [0.4, 0.5) is 14.5 Å². The molecule has 144 valence electrons. The highest BCUT2D eigenvalue weighted by molar-refractivity contribution is 7.89. The standard InChI is InChI=1S/C17H16F2N2O5S/c18-14-7-6-13(10-15(14)19)27(24,25)20-9-8-17(23)26-11-16(22)21-12-4-2-1-3-5-12/h1-7,10,20H,8-9,11H2,(H,21,22). The Bertz CT molecular complexity index is 920. The average Bonchev–Trinajstić information content (AvgIpc) is 2.63. The van der Waals surface area contributed by atoms with E-state index in [2.05, 4.69) is 10.0 Å². The van der Waals surface area contributed by atoms with E-state index >= 15 is 0 Å². The van der Waals surface area contributed by atoms with Gasteiger partial charge in [-0.05, 0) is 30.3 Å². The third-order valence-corrected chi connectivity index (χ3v) is 4.70. The van der Waals surface area contributed by atoms with E-state index in [4.69, 9.17) is 4.74 Å². The fourth-order valence-electron chi connectivity index (χ4n) is 1.95. The highest BCUT2D eigenvalue weighted by atomic mass is 32.2. The Labute approximate surface area is 154 Å². The molecule has 0 bridgehead atoms. The van der Waals surface area contributed by atoms with Gasteiger partial charge >= 0.3 is 5.97 Å². The SMILES string of the molecule is O=C(COC(=O)CCNS(=O)(=O)c1ccc(F)c(F)c1)Nc1ccccc1. The second kappa shape index (κ2) is 9.19. The quantitative estimate of drug-likeness (QED) is 0.661. The van der Waals surface area contributed by atoms with Crippen LogP contribution < -0.4 is 10.0 Å². The van der Waals surface area contributed by atoms with Crippen molar-refractivity contribution in [2.45, 2.75) is 11.3 Å². The Hall–Kier alpha value is -2.85. The summed E-state index contributed by atoms with van der Waals surface area (Å²) in [4.78, 5) is 22.7. The van der Waals surface area contributed by atoms with E-state index in [-0.39, 0.29) is 13.0 Å². The molecule has 7 nitrogen and oxygen atoms in total. The van der Waals surface area contributed by atoms with Gasteiger partial charge in [0, 0.05) is 12.2 Å². The van der Waals surface area contributed by atoms with Crippen molar-refractivity contribution in [2.24, 2.45) is 0 Å². The van der Waals surface area contributed by atoms with Crippen LogP contribution in [-0.4, -0.2) is 33.4 Å². The number of rotatable bonds is 8. The number of halogens is 2. The lowest BCUT2D eigenvalue weighted by Gasteiger charge is -2.08. The molecule has 2 aromatic rings. The molecule has 2 aromatic carbocycles. The van der Waals surface area contributed by atoms with Gasteiger partial charge in [0.15, 0.2) is 18.2 Å². The summed E-state index contributed by atoms with van der Waals surface area (Å²) in [6, 6.07) is 10.7. The molecular formula is C17H16F2N2O5S. The van der Waals surface area contributed by atoms with Crippen LogP contribution >= 0.6 is 0 Å². The molecule has 0 atom stereocenters. The van der Waals surface area contributed by atoms with Gasteiger partial charge in [-0.2, -0.15) is 0 Å². The molecule has 10 heteroatoms. The molecule has 1 amide bonds. The van der Waals surface area contributed by atoms with Crippen molar-refractivity contribution in [3.05, 3.63) is 60.2 Å². The Balaban J connectivity index is 1.75. The first-order valence-corrected chi connectivity index (χ1v) is 9.21. The number of hydrogen-bond acceptors (Lipinski definition) is 5. The van der Waals surface area contributed by atoms with E-state index in [0.29, 0.717) is 17.8 Å². The van der Waals surface area contributed by atoms with Crippen molar-refractivity contribution < 1.29 is 31.5 Å². The van der Waals surface area contributed by atoms with Gasteiger partial charge in [-0.15, -0.1) is 0 Å². The third-order valence-electron chi connectivity index (χ3n) is 3.24. The highest BCUT2D eigenvalue weighted by Gasteiger charge is 2.17. The fraction of sp³-hybridized carbons (Fsp3) is 0.176. The zero-order valence-electron chi connectivity index (χ0n) is 13.9. The number of esters is 1. The van der Waals surface area contributed by atoms with Gasteiger partial charge in [0.1, 0.15) is 0 Å². The van der Waals surface area contributed by atoms with E-state index in [9.17, 15) is 26.8 Å². The Morgan fingerprint density at radius 1 is 1.00 bits per heavy atom. The topological polar surface area (TPSA) is 102 Å². The van der Waals surface area contributed by atoms with Crippen LogP contribution in [0, 0.1) is 11.6 Å². The summed E-state index contributed by atoms with van der Waals surface area (Å²) < 4.78 is 56.6. The molecule has 27 heavy (non-hydrogen) atoms. The highest BCUT2D eigenvalue weighted by Crippen LogP contribution is 2.13. The Morgan fingerprint density at radius 2 is 1.70 bits per heavy atom. The summed E-state index contributed by atoms with van der Waals surface area (Å²) >= 11 is 0. The molecule has 0 spiro atoms. The monoisotopic (exact) mass is 398 g/mol. The minimum Gasteiger partial charge on any atom is -0.456 e. The summed E-state index contributed by atoms with van der Waals surface area (Å²) in [5.41, 5.74) is 0.540. The van der Waals surface area contributed by atoms with Gasteiger partial charge < -0.3 is 10.1 Å². The Kier molecular flexibility index (Phi) is 6.97. The van der Waals surface area contributed by atoms with Crippen LogP contribution in [-0.2, 0) is 24.3 Å². The van der Waals surface area contributed by atoms with Crippen LogP contribution in [0.2, 0.25) is 0 Å². The van der Waals surface area contributed by atoms with Gasteiger partial charge in [-0.25, -0.2) is 21.9 Å². The number of hydrogen-bond donors (Lipinski definition) is 2. The number of para-hydroxylation sites is 1. The first-order valence-electron chi connectivity index (χ1n) is 7.73. The first-order chi connectivity index (χ1) is 12.8. The maximum atomic E-state index is 13.1. The smallest absolute Gasteiger partial charge is 0.307 e. The summed E-state index contributed by atoms with van der Waals surface area (Å²) in [5, 5.41) is 2.52. The zero-order chi connectivity index (χ0) is 19.9. The van der Waals surface area contributed by atoms with Gasteiger partial charge in [-0.1, -0.05) is 18.2 Å². The summed E-state index contributed by atoms with van der Waals surface area (Å²) in [6.07, 6.45) is -0.346. The zero-order valence-corrected chi connectivity index (χ0v) is 14.8. The molecule has 0 aliphatic rings. The molecule has 2 N–H and O–H groups in total. The molecule has 0 fully saturated rings. The van der Waals surface area contributed by atoms with Gasteiger partial charge in [0.05, 0.1) is 11.3 Å². The van der Waals surface area contributed by atoms with E-state index < -0.39 is 45.0 Å². The van der Waals surface area contributed by atoms with Gasteiger partial charge in [0.2, 0.25) is 10.0 Å². The molecular weight excluding hydrogens is 382 g/mol. The van der Waals surface area contributed by atoms with Crippen LogP contribution in [0.25, 0.3) is 0 Å². The van der Waals surface area contributed by atoms with Crippen molar-refractivity contribution in [1.29, 1.82) is 0 Å². The molecule has 0 saturated heterocycles. The molecule has 0 saturated carbocycles. The lowest BCUT2D eigenvalue weighted by atomic mass is 10.3. The van der Waals surface area contributed by atoms with E-state index in [1.165, 1.54) is 0 Å². The summed E-state index contributed by atoms with van der Waals surface area (Å²) in [7, 11) is -4.11. The number of nitrogens with one attached hydrogen (secondary N) is 2. The molecule has 0 aromatic heterocycles. The largest absolute Gasteiger partial charge is 0.456 e. The molecule has 0 unspecified atom stereocenters. The number of benzene rings is 2. The van der Waals surface area contributed by atoms with Crippen LogP contribution in [0.1, 0.15) is 6.42 Å². The number of carbonyl (C=O) groups excluding carboxylic acids is 2. The summed E-state index contributed by atoms with van der Waals surface area (Å²) in [6.45, 7) is -0.857. The normalized spacial score (nSPS) is 11.0. The number of carbonyl (C=O) groups is 2. The van der Waals surface area contributed by atoms with Crippen LogP contribution in [0.5, 0.6) is 0 Å². The second-order valence-corrected chi connectivity index (χ2v) is 7.07. The van der Waals surface area contributed by atoms with Crippen molar-refractivity contribution >= 4 is 27.6 Å². The summed E-state index contributed by atoms with van der Waals surface area (Å²) in [5.74, 6) is -3.82. The van der Waals surface area contributed by atoms with E-state index in [0.717, 1.165) is 6.07 Å². The van der Waals surface area contributed by atoms with Crippen molar-refractivity contribution in [3.8, 4) is 0 Å². The van der Waals surface area contributed by atoms with Crippen LogP contribution in [0.3, 0.4) is 0 Å². The molecule has 0 aliphatic carbocycles. The maximum Gasteiger partial charge on any atom is 0.307 e. The van der Waals surface area contributed by atoms with Gasteiger partial charge in [0.25, 0.3) is 5.91 Å². The van der Waals surface area contributed by atoms with Gasteiger partial charge in [-0.3, -0.25) is 9.59 Å². The van der Waals surface area contributed by atoms with E-state index in [1.807, 2.05) is 0 Å². The number of sulfonamides is 1. The predicted molar refractivity (Wildman–Crippen MR) is 92.2 cm³/mol. The molecule has 0 radical (unpaired) electrons. The number of anilines is 1. The van der Waals surface area contributed by atoms with Crippen LogP contribution in [0.15, 0.2) is 53.4 Å². The third kappa shape index (κ3) is 6.42. The Morgan fingerprint density at radius 3 is 2.37 bits per heavy atom. The molecule has 0 aliphatic heterocycles. The fourth-order valence-corrected chi connectivity index (χ4v) is 2.99. The minimum atomic E-state index is -4.11. The minimum absolute atomic E-state index is 0.333. The predicted octanol–water partition coefficient (Wildman–Crippen LogP) is 1.82. The first kappa shape index (κ1) is 20.5. The second-order valence-electron chi connectivity index (χ2n) is 5.30. The molecule has 0 heterocycles. The average molecular weight is 398 g/mol. The lowest BCUT2D eigenvalue weighted by molar-refractivity contribution is -0.147. The van der Waals surface area contributed by atoms with Crippen molar-refractivity contribution in [3.63, 3.8) is 0 Å². The van der Waals surface area contributed by atoms with Crippen molar-refractivity contribution in [2.75, 3.05) is 18.5 Å². The van der Waals surface area contributed by atoms with E-state index in [1.54, 1.807) is 30.3 Å². The number of ether oxygens (including phenoxy) is 1. The van der Waals surface area contributed by atoms with Crippen molar-refractivity contribution in [1.82, 2.24) is 4.72 Å².